The van der Waals surface area contributed by atoms with Crippen LogP contribution in [0.1, 0.15) is 91.4 Å². The Bertz CT molecular complexity index is 352. The molecule has 0 radical (unpaired) electrons. The van der Waals surface area contributed by atoms with E-state index in [2.05, 4.69) is 19.2 Å². The van der Waals surface area contributed by atoms with Crippen LogP contribution in [0.5, 0.6) is 0 Å². The summed E-state index contributed by atoms with van der Waals surface area (Å²) >= 11 is 0. The number of amides is 1. The molecule has 2 atom stereocenters. The van der Waals surface area contributed by atoms with Crippen LogP contribution in [-0.2, 0) is 9.47 Å². The maximum absolute atomic E-state index is 11.5. The van der Waals surface area contributed by atoms with Crippen molar-refractivity contribution in [2.45, 2.75) is 104 Å². The van der Waals surface area contributed by atoms with Gasteiger partial charge in [-0.05, 0) is 32.1 Å². The summed E-state index contributed by atoms with van der Waals surface area (Å²) in [4.78, 5) is 11.5. The Labute approximate surface area is 172 Å². The van der Waals surface area contributed by atoms with Gasteiger partial charge in [0.15, 0.2) is 0 Å². The average Bonchev–Trinajstić information content (AvgIpc) is 2.66. The molecular formula is C22H45NO5. The number of carbonyl (C=O) groups excluding carboxylic acids is 1. The van der Waals surface area contributed by atoms with Gasteiger partial charge in [-0.15, -0.1) is 0 Å². The Morgan fingerprint density at radius 2 is 1.43 bits per heavy atom. The molecule has 0 aromatic carbocycles. The summed E-state index contributed by atoms with van der Waals surface area (Å²) in [7, 11) is 0. The molecule has 0 fully saturated rings. The van der Waals surface area contributed by atoms with E-state index < -0.39 is 18.8 Å². The quantitative estimate of drug-likeness (QED) is 0.278. The lowest BCUT2D eigenvalue weighted by atomic mass is 10.0. The lowest BCUT2D eigenvalue weighted by Gasteiger charge is -2.15. The third kappa shape index (κ3) is 19.9. The highest BCUT2D eigenvalue weighted by molar-refractivity contribution is 5.67. The number of hydrogen-bond donors (Lipinski definition) is 3. The normalized spacial score (nSPS) is 13.5. The third-order valence-electron chi connectivity index (χ3n) is 4.73. The minimum atomic E-state index is -1.02. The van der Waals surface area contributed by atoms with Crippen LogP contribution in [0.3, 0.4) is 0 Å². The topological polar surface area (TPSA) is 88.0 Å². The second-order valence-corrected chi connectivity index (χ2v) is 8.25. The van der Waals surface area contributed by atoms with Gasteiger partial charge in [-0.25, -0.2) is 4.79 Å². The fraction of sp³-hybridized carbons (Fsp3) is 0.955. The van der Waals surface area contributed by atoms with E-state index in [0.717, 1.165) is 31.8 Å². The number of alkyl carbamates (subject to hydrolysis) is 1. The lowest BCUT2D eigenvalue weighted by molar-refractivity contribution is 0.0312. The van der Waals surface area contributed by atoms with Gasteiger partial charge in [-0.3, -0.25) is 0 Å². The summed E-state index contributed by atoms with van der Waals surface area (Å²) in [5.74, 6) is 0.841. The van der Waals surface area contributed by atoms with Crippen molar-refractivity contribution in [3.05, 3.63) is 0 Å². The fourth-order valence-electron chi connectivity index (χ4n) is 2.95. The number of hydrogen-bond acceptors (Lipinski definition) is 5. The molecule has 0 aliphatic carbocycles. The summed E-state index contributed by atoms with van der Waals surface area (Å²) in [5, 5.41) is 20.5. The van der Waals surface area contributed by atoms with Crippen molar-refractivity contribution in [3.63, 3.8) is 0 Å². The molecule has 0 saturated carbocycles. The average molecular weight is 404 g/mol. The zero-order chi connectivity index (χ0) is 21.0. The zero-order valence-electron chi connectivity index (χ0n) is 18.5. The second-order valence-electron chi connectivity index (χ2n) is 8.25. The van der Waals surface area contributed by atoms with E-state index in [0.29, 0.717) is 6.61 Å². The van der Waals surface area contributed by atoms with Crippen molar-refractivity contribution >= 4 is 6.09 Å². The molecule has 168 valence electrons. The molecule has 0 aliphatic heterocycles. The molecule has 0 aliphatic rings. The molecule has 0 rings (SSSR count). The molecule has 1 amide bonds. The molecule has 0 aromatic rings. The van der Waals surface area contributed by atoms with E-state index in [1.807, 2.05) is 6.92 Å². The molecule has 0 heterocycles. The third-order valence-corrected chi connectivity index (χ3v) is 4.73. The Morgan fingerprint density at radius 1 is 0.857 bits per heavy atom. The van der Waals surface area contributed by atoms with Gasteiger partial charge in [0.05, 0.1) is 6.61 Å². The van der Waals surface area contributed by atoms with Crippen molar-refractivity contribution < 1.29 is 24.5 Å². The Kier molecular flexibility index (Phi) is 18.9. The van der Waals surface area contributed by atoms with Gasteiger partial charge in [-0.2, -0.15) is 0 Å². The first kappa shape index (κ1) is 27.1. The first-order valence-corrected chi connectivity index (χ1v) is 11.3. The van der Waals surface area contributed by atoms with Gasteiger partial charge in [0, 0.05) is 19.3 Å². The predicted molar refractivity (Wildman–Crippen MR) is 113 cm³/mol. The minimum Gasteiger partial charge on any atom is -0.447 e. The van der Waals surface area contributed by atoms with E-state index in [9.17, 15) is 4.79 Å². The summed E-state index contributed by atoms with van der Waals surface area (Å²) < 4.78 is 10.5. The molecule has 2 unspecified atom stereocenters. The van der Waals surface area contributed by atoms with Crippen molar-refractivity contribution in [2.75, 3.05) is 26.4 Å². The molecule has 0 spiro atoms. The number of rotatable bonds is 19. The second kappa shape index (κ2) is 19.5. The molecule has 6 nitrogen and oxygen atoms in total. The Balaban J connectivity index is 3.29. The summed E-state index contributed by atoms with van der Waals surface area (Å²) in [6.07, 6.45) is 12.0. The number of unbranched alkanes of at least 4 members (excludes halogenated alkanes) is 7. The van der Waals surface area contributed by atoms with E-state index in [4.69, 9.17) is 19.7 Å². The summed E-state index contributed by atoms with van der Waals surface area (Å²) in [6.45, 7) is 7.41. The van der Waals surface area contributed by atoms with E-state index in [1.54, 1.807) is 0 Å². The standard InChI is InChI=1S/C22H45NO5/c1-19(2)13-10-8-6-4-5-7-9-11-15-27-16-12-14-20(3)23-22(26)28-18-21(25)17-24/h19-21,24-25H,4-18H2,1-3H3,(H,23,26). The molecule has 3 N–H and O–H groups in total. The largest absolute Gasteiger partial charge is 0.447 e. The maximum Gasteiger partial charge on any atom is 0.407 e. The fourth-order valence-corrected chi connectivity index (χ4v) is 2.95. The molecule has 0 bridgehead atoms. The SMILES string of the molecule is CC(C)CCCCCCCCCCOCCCC(C)NC(=O)OCC(O)CO. The van der Waals surface area contributed by atoms with Crippen LogP contribution in [0, 0.1) is 5.92 Å². The van der Waals surface area contributed by atoms with Crippen molar-refractivity contribution in [1.29, 1.82) is 0 Å². The molecule has 0 saturated heterocycles. The first-order valence-electron chi connectivity index (χ1n) is 11.3. The van der Waals surface area contributed by atoms with Gasteiger partial charge >= 0.3 is 6.09 Å². The van der Waals surface area contributed by atoms with E-state index in [-0.39, 0.29) is 12.6 Å². The highest BCUT2D eigenvalue weighted by atomic mass is 16.6. The van der Waals surface area contributed by atoms with Crippen LogP contribution in [0.4, 0.5) is 4.79 Å². The number of carbonyl (C=O) groups is 1. The number of ether oxygens (including phenoxy) is 2. The van der Waals surface area contributed by atoms with Gasteiger partial charge < -0.3 is 25.0 Å². The number of aliphatic hydroxyl groups excluding tert-OH is 2. The van der Waals surface area contributed by atoms with Gasteiger partial charge in [-0.1, -0.05) is 65.2 Å². The zero-order valence-corrected chi connectivity index (χ0v) is 18.5. The van der Waals surface area contributed by atoms with Crippen LogP contribution in [0.2, 0.25) is 0 Å². The van der Waals surface area contributed by atoms with Crippen LogP contribution in [0.15, 0.2) is 0 Å². The lowest BCUT2D eigenvalue weighted by Crippen LogP contribution is -2.35. The molecule has 28 heavy (non-hydrogen) atoms. The van der Waals surface area contributed by atoms with Crippen molar-refractivity contribution in [1.82, 2.24) is 5.32 Å². The smallest absolute Gasteiger partial charge is 0.407 e. The molecular weight excluding hydrogens is 358 g/mol. The minimum absolute atomic E-state index is 0.0112. The van der Waals surface area contributed by atoms with Gasteiger partial charge in [0.1, 0.15) is 12.7 Å². The molecule has 0 aromatic heterocycles. The van der Waals surface area contributed by atoms with Gasteiger partial charge in [0.2, 0.25) is 0 Å². The van der Waals surface area contributed by atoms with Crippen molar-refractivity contribution in [2.24, 2.45) is 5.92 Å². The maximum atomic E-state index is 11.5. The Morgan fingerprint density at radius 3 is 2.04 bits per heavy atom. The first-order chi connectivity index (χ1) is 13.5. The Hall–Kier alpha value is -0.850. The summed E-state index contributed by atoms with van der Waals surface area (Å²) in [6, 6.07) is -0.0112. The predicted octanol–water partition coefficient (Wildman–Crippen LogP) is 4.42. The van der Waals surface area contributed by atoms with Crippen LogP contribution >= 0.6 is 0 Å². The van der Waals surface area contributed by atoms with Crippen LogP contribution < -0.4 is 5.32 Å². The number of nitrogens with one attached hydrogen (secondary N) is 1. The van der Waals surface area contributed by atoms with Gasteiger partial charge in [0.25, 0.3) is 0 Å². The summed E-state index contributed by atoms with van der Waals surface area (Å²) in [5.41, 5.74) is 0. The highest BCUT2D eigenvalue weighted by Gasteiger charge is 2.10. The van der Waals surface area contributed by atoms with Crippen molar-refractivity contribution in [3.8, 4) is 0 Å². The monoisotopic (exact) mass is 403 g/mol. The molecule has 6 heteroatoms. The van der Waals surface area contributed by atoms with E-state index in [1.165, 1.54) is 51.4 Å². The van der Waals surface area contributed by atoms with Crippen LogP contribution in [-0.4, -0.2) is 54.9 Å². The highest BCUT2D eigenvalue weighted by Crippen LogP contribution is 2.12. The van der Waals surface area contributed by atoms with Crippen LogP contribution in [0.25, 0.3) is 0 Å². The number of aliphatic hydroxyl groups is 2. The van der Waals surface area contributed by atoms with E-state index >= 15 is 0 Å².